The number of piperazine rings is 1. The Hall–Kier alpha value is -2.29. The first-order valence-corrected chi connectivity index (χ1v) is 11.7. The lowest BCUT2D eigenvalue weighted by molar-refractivity contribution is -0.144. The molecule has 0 bridgehead atoms. The third kappa shape index (κ3) is 3.95. The number of halogens is 1. The van der Waals surface area contributed by atoms with Crippen molar-refractivity contribution in [2.45, 2.75) is 45.1 Å². The second-order valence-corrected chi connectivity index (χ2v) is 9.66. The zero-order valence-corrected chi connectivity index (χ0v) is 19.1. The molecule has 170 valence electrons. The Labute approximate surface area is 192 Å². The van der Waals surface area contributed by atoms with Crippen LogP contribution in [0.1, 0.15) is 51.0 Å². The zero-order valence-electron chi connectivity index (χ0n) is 18.3. The molecule has 3 aliphatic rings. The first kappa shape index (κ1) is 21.6. The number of amides is 2. The Morgan fingerprint density at radius 3 is 2.47 bits per heavy atom. The van der Waals surface area contributed by atoms with E-state index in [1.165, 1.54) is 4.90 Å². The van der Waals surface area contributed by atoms with Gasteiger partial charge < -0.3 is 4.52 Å². The molecule has 1 aromatic heterocycles. The molecule has 1 spiro atoms. The molecule has 8 nitrogen and oxygen atoms in total. The predicted octanol–water partition coefficient (Wildman–Crippen LogP) is 3.35. The number of hydrogen-bond donors (Lipinski definition) is 0. The molecule has 0 radical (unpaired) electrons. The fraction of sp³-hybridized carbons (Fsp3) is 0.565. The summed E-state index contributed by atoms with van der Waals surface area (Å²) in [5.74, 6) is 1.18. The first-order chi connectivity index (χ1) is 15.4. The summed E-state index contributed by atoms with van der Waals surface area (Å²) in [6, 6.07) is 7.34. The third-order valence-electron chi connectivity index (χ3n) is 7.25. The summed E-state index contributed by atoms with van der Waals surface area (Å²) >= 11 is 5.95. The van der Waals surface area contributed by atoms with Crippen molar-refractivity contribution in [1.82, 2.24) is 24.8 Å². The maximum Gasteiger partial charge on any atom is 0.244 e. The molecule has 5 rings (SSSR count). The lowest BCUT2D eigenvalue weighted by atomic mass is 9.85. The third-order valence-corrected chi connectivity index (χ3v) is 7.50. The zero-order chi connectivity index (χ0) is 22.3. The van der Waals surface area contributed by atoms with Crippen LogP contribution >= 0.6 is 11.6 Å². The van der Waals surface area contributed by atoms with Gasteiger partial charge in [0.25, 0.3) is 0 Å². The van der Waals surface area contributed by atoms with Crippen molar-refractivity contribution in [3.63, 3.8) is 0 Å². The van der Waals surface area contributed by atoms with E-state index in [0.717, 1.165) is 57.4 Å². The van der Waals surface area contributed by atoms with Crippen LogP contribution in [0.2, 0.25) is 5.02 Å². The molecule has 1 aliphatic carbocycles. The molecule has 9 heteroatoms. The number of rotatable bonds is 5. The molecule has 1 unspecified atom stereocenters. The second-order valence-electron chi connectivity index (χ2n) is 9.23. The van der Waals surface area contributed by atoms with Crippen molar-refractivity contribution >= 4 is 23.4 Å². The van der Waals surface area contributed by atoms with Crippen molar-refractivity contribution in [2.24, 2.45) is 5.41 Å². The summed E-state index contributed by atoms with van der Waals surface area (Å²) < 4.78 is 5.53. The smallest absolute Gasteiger partial charge is 0.244 e. The quantitative estimate of drug-likeness (QED) is 0.636. The summed E-state index contributed by atoms with van der Waals surface area (Å²) in [6.07, 6.45) is 4.23. The minimum Gasteiger partial charge on any atom is -0.337 e. The van der Waals surface area contributed by atoms with Crippen molar-refractivity contribution in [3.05, 3.63) is 35.2 Å². The van der Waals surface area contributed by atoms with Crippen LogP contribution in [-0.2, 0) is 9.59 Å². The number of aromatic nitrogens is 2. The summed E-state index contributed by atoms with van der Waals surface area (Å²) in [4.78, 5) is 36.1. The van der Waals surface area contributed by atoms with E-state index in [1.54, 1.807) is 12.1 Å². The van der Waals surface area contributed by atoms with Crippen molar-refractivity contribution in [2.75, 3.05) is 32.8 Å². The first-order valence-electron chi connectivity index (χ1n) is 11.4. The molecule has 32 heavy (non-hydrogen) atoms. The monoisotopic (exact) mass is 457 g/mol. The minimum absolute atomic E-state index is 0.00622. The van der Waals surface area contributed by atoms with Crippen molar-refractivity contribution in [3.8, 4) is 11.4 Å². The fourth-order valence-electron chi connectivity index (χ4n) is 5.21. The molecule has 1 atom stereocenters. The molecule has 2 amide bonds. The number of likely N-dealkylation sites (tertiary alicyclic amines) is 1. The molecule has 1 saturated carbocycles. The topological polar surface area (TPSA) is 82.8 Å². The standard InChI is InChI=1S/C23H28ClN5O3/c1-16(21-25-20(26-32-21)17-4-6-18(24)7-5-17)28-12-10-27(11-13-28)15-29-19(30)14-23(22(29)31)8-2-3-9-23/h4-7,16H,2-3,8-15H2,1H3. The lowest BCUT2D eigenvalue weighted by Gasteiger charge is -2.38. The average molecular weight is 458 g/mol. The van der Waals surface area contributed by atoms with Gasteiger partial charge in [-0.05, 0) is 44.0 Å². The van der Waals surface area contributed by atoms with Gasteiger partial charge in [0.05, 0.1) is 18.1 Å². The predicted molar refractivity (Wildman–Crippen MR) is 119 cm³/mol. The highest BCUT2D eigenvalue weighted by molar-refractivity contribution is 6.30. The Morgan fingerprint density at radius 1 is 1.09 bits per heavy atom. The van der Waals surface area contributed by atoms with Gasteiger partial charge in [0.1, 0.15) is 0 Å². The number of carbonyl (C=O) groups excluding carboxylic acids is 2. The van der Waals surface area contributed by atoms with Crippen LogP contribution in [0.5, 0.6) is 0 Å². The van der Waals surface area contributed by atoms with E-state index in [2.05, 4.69) is 26.9 Å². The van der Waals surface area contributed by atoms with E-state index < -0.39 is 5.41 Å². The molecule has 2 aromatic rings. The molecular weight excluding hydrogens is 430 g/mol. The highest BCUT2D eigenvalue weighted by Gasteiger charge is 2.52. The van der Waals surface area contributed by atoms with Gasteiger partial charge in [0.15, 0.2) is 0 Å². The number of hydrogen-bond acceptors (Lipinski definition) is 7. The van der Waals surface area contributed by atoms with E-state index in [0.29, 0.717) is 29.8 Å². The maximum absolute atomic E-state index is 12.9. The summed E-state index contributed by atoms with van der Waals surface area (Å²) in [5, 5.41) is 4.79. The Balaban J connectivity index is 1.17. The number of carbonyl (C=O) groups is 2. The number of imide groups is 1. The van der Waals surface area contributed by atoms with Crippen molar-refractivity contribution < 1.29 is 14.1 Å². The van der Waals surface area contributed by atoms with Crippen LogP contribution in [-0.4, -0.2) is 69.5 Å². The highest BCUT2D eigenvalue weighted by atomic mass is 35.5. The fourth-order valence-corrected chi connectivity index (χ4v) is 5.34. The van der Waals surface area contributed by atoms with Gasteiger partial charge in [0, 0.05) is 43.2 Å². The summed E-state index contributed by atoms with van der Waals surface area (Å²) in [6.45, 7) is 5.65. The normalized spacial score (nSPS) is 22.9. The Bertz CT molecular complexity index is 993. The van der Waals surface area contributed by atoms with Gasteiger partial charge in [-0.3, -0.25) is 24.3 Å². The molecular formula is C23H28ClN5O3. The van der Waals surface area contributed by atoms with Crippen LogP contribution in [0.15, 0.2) is 28.8 Å². The Morgan fingerprint density at radius 2 is 1.78 bits per heavy atom. The molecule has 3 fully saturated rings. The number of nitrogens with zero attached hydrogens (tertiary/aromatic N) is 5. The molecule has 2 aliphatic heterocycles. The maximum atomic E-state index is 12.9. The summed E-state index contributed by atoms with van der Waals surface area (Å²) in [7, 11) is 0. The molecule has 3 heterocycles. The van der Waals surface area contributed by atoms with E-state index in [9.17, 15) is 9.59 Å². The molecule has 2 saturated heterocycles. The van der Waals surface area contributed by atoms with E-state index in [1.807, 2.05) is 12.1 Å². The van der Waals surface area contributed by atoms with Crippen LogP contribution in [0.25, 0.3) is 11.4 Å². The van der Waals surface area contributed by atoms with Crippen LogP contribution in [0, 0.1) is 5.41 Å². The number of benzene rings is 1. The van der Waals surface area contributed by atoms with Gasteiger partial charge in [-0.25, -0.2) is 0 Å². The Kier molecular flexibility index (Phi) is 5.77. The average Bonchev–Trinajstić information content (AvgIpc) is 3.52. The SMILES string of the molecule is CC(c1nc(-c2ccc(Cl)cc2)no1)N1CCN(CN2C(=O)CC3(CCCC3)C2=O)CC1. The van der Waals surface area contributed by atoms with Gasteiger partial charge in [-0.15, -0.1) is 0 Å². The highest BCUT2D eigenvalue weighted by Crippen LogP contribution is 2.46. The molecule has 0 N–H and O–H groups in total. The van der Waals surface area contributed by atoms with E-state index in [4.69, 9.17) is 16.1 Å². The summed E-state index contributed by atoms with van der Waals surface area (Å²) in [5.41, 5.74) is 0.467. The largest absolute Gasteiger partial charge is 0.337 e. The van der Waals surface area contributed by atoms with Crippen LogP contribution < -0.4 is 0 Å². The molecule has 1 aromatic carbocycles. The van der Waals surface area contributed by atoms with Crippen LogP contribution in [0.4, 0.5) is 0 Å². The van der Waals surface area contributed by atoms with Gasteiger partial charge >= 0.3 is 0 Å². The van der Waals surface area contributed by atoms with E-state index in [-0.39, 0.29) is 17.9 Å². The second kappa shape index (κ2) is 8.57. The van der Waals surface area contributed by atoms with E-state index >= 15 is 0 Å². The van der Waals surface area contributed by atoms with Crippen LogP contribution in [0.3, 0.4) is 0 Å². The van der Waals surface area contributed by atoms with Crippen molar-refractivity contribution in [1.29, 1.82) is 0 Å². The van der Waals surface area contributed by atoms with Gasteiger partial charge in [0.2, 0.25) is 23.5 Å². The van der Waals surface area contributed by atoms with Gasteiger partial charge in [-0.2, -0.15) is 4.98 Å². The minimum atomic E-state index is -0.396. The van der Waals surface area contributed by atoms with Gasteiger partial charge in [-0.1, -0.05) is 29.6 Å². The lowest BCUT2D eigenvalue weighted by Crippen LogP contribution is -2.51.